The molecule has 0 aromatic heterocycles. The molecule has 0 aliphatic carbocycles. The number of hydrogen-bond acceptors (Lipinski definition) is 4. The van der Waals surface area contributed by atoms with Gasteiger partial charge in [0.1, 0.15) is 11.5 Å². The molecule has 1 N–H and O–H groups in total. The maximum absolute atomic E-state index is 12.9. The molecule has 1 atom stereocenters. The number of rotatable bonds is 7. The summed E-state index contributed by atoms with van der Waals surface area (Å²) in [7, 11) is 0. The number of hydrogen-bond donors (Lipinski definition) is 1. The Bertz CT molecular complexity index is 877. The fraction of sp³-hybridized carbons (Fsp3) is 0.304. The molecule has 2 amide bonds. The van der Waals surface area contributed by atoms with Crippen LogP contribution >= 0.6 is 0 Å². The summed E-state index contributed by atoms with van der Waals surface area (Å²) >= 11 is 0. The summed E-state index contributed by atoms with van der Waals surface area (Å²) in [6.45, 7) is 5.27. The van der Waals surface area contributed by atoms with E-state index in [1.54, 1.807) is 17.0 Å². The first-order chi connectivity index (χ1) is 14.1. The van der Waals surface area contributed by atoms with Crippen LogP contribution in [0.15, 0.2) is 54.6 Å². The van der Waals surface area contributed by atoms with Crippen LogP contribution < -0.4 is 19.7 Å². The van der Waals surface area contributed by atoms with Crippen molar-refractivity contribution in [3.05, 3.63) is 60.2 Å². The first kappa shape index (κ1) is 20.5. The Morgan fingerprint density at radius 2 is 1.93 bits per heavy atom. The molecule has 1 aliphatic rings. The van der Waals surface area contributed by atoms with Crippen molar-refractivity contribution in [1.29, 1.82) is 0 Å². The molecule has 29 heavy (non-hydrogen) atoms. The molecule has 2 aromatic carbocycles. The zero-order chi connectivity index (χ0) is 20.6. The van der Waals surface area contributed by atoms with Gasteiger partial charge in [0.05, 0.1) is 18.8 Å². The van der Waals surface area contributed by atoms with Crippen LogP contribution in [0.25, 0.3) is 6.08 Å². The van der Waals surface area contributed by atoms with Crippen molar-refractivity contribution in [3.63, 3.8) is 0 Å². The minimum absolute atomic E-state index is 0.166. The Hall–Kier alpha value is -3.28. The standard InChI is InChI=1S/C23H26N2O4/c1-3-15-24-23(27)21-16-25(19-7-5-6-8-20(19)29-21)22(26)14-11-17-9-12-18(13-10-17)28-4-2/h5-14,21H,3-4,15-16H2,1-2H3,(H,24,27)/b14-11+/t21-/m0/s1. The summed E-state index contributed by atoms with van der Waals surface area (Å²) in [6, 6.07) is 14.8. The third kappa shape index (κ3) is 5.16. The fourth-order valence-corrected chi connectivity index (χ4v) is 3.04. The highest BCUT2D eigenvalue weighted by Gasteiger charge is 2.32. The Labute approximate surface area is 171 Å². The average Bonchev–Trinajstić information content (AvgIpc) is 2.76. The highest BCUT2D eigenvalue weighted by molar-refractivity contribution is 6.05. The van der Waals surface area contributed by atoms with E-state index in [0.717, 1.165) is 17.7 Å². The van der Waals surface area contributed by atoms with E-state index in [-0.39, 0.29) is 18.4 Å². The lowest BCUT2D eigenvalue weighted by molar-refractivity contribution is -0.128. The average molecular weight is 394 g/mol. The van der Waals surface area contributed by atoms with E-state index in [1.165, 1.54) is 6.08 Å². The first-order valence-electron chi connectivity index (χ1n) is 9.88. The number of carbonyl (C=O) groups is 2. The van der Waals surface area contributed by atoms with Gasteiger partial charge in [0.2, 0.25) is 0 Å². The Kier molecular flexibility index (Phi) is 6.89. The highest BCUT2D eigenvalue weighted by Crippen LogP contribution is 2.33. The Balaban J connectivity index is 1.76. The van der Waals surface area contributed by atoms with Gasteiger partial charge in [0.25, 0.3) is 11.8 Å². The molecule has 152 valence electrons. The summed E-state index contributed by atoms with van der Waals surface area (Å²) in [5, 5.41) is 2.83. The van der Waals surface area contributed by atoms with Crippen molar-refractivity contribution in [3.8, 4) is 11.5 Å². The molecule has 0 radical (unpaired) electrons. The third-order valence-corrected chi connectivity index (χ3v) is 4.49. The highest BCUT2D eigenvalue weighted by atomic mass is 16.5. The summed E-state index contributed by atoms with van der Waals surface area (Å²) in [6.07, 6.45) is 3.36. The largest absolute Gasteiger partial charge is 0.494 e. The van der Waals surface area contributed by atoms with Crippen LogP contribution in [0, 0.1) is 0 Å². The molecule has 0 bridgehead atoms. The van der Waals surface area contributed by atoms with E-state index in [9.17, 15) is 9.59 Å². The van der Waals surface area contributed by atoms with Crippen molar-refractivity contribution in [2.45, 2.75) is 26.4 Å². The maximum Gasteiger partial charge on any atom is 0.262 e. The lowest BCUT2D eigenvalue weighted by atomic mass is 10.1. The second-order valence-electron chi connectivity index (χ2n) is 6.65. The smallest absolute Gasteiger partial charge is 0.262 e. The number of ether oxygens (including phenoxy) is 2. The van der Waals surface area contributed by atoms with Gasteiger partial charge in [-0.1, -0.05) is 31.2 Å². The zero-order valence-electron chi connectivity index (χ0n) is 16.8. The van der Waals surface area contributed by atoms with Crippen LogP contribution in [0.1, 0.15) is 25.8 Å². The van der Waals surface area contributed by atoms with Crippen LogP contribution in [0.3, 0.4) is 0 Å². The van der Waals surface area contributed by atoms with E-state index in [4.69, 9.17) is 9.47 Å². The van der Waals surface area contributed by atoms with E-state index >= 15 is 0 Å². The number of amides is 2. The predicted molar refractivity (Wildman–Crippen MR) is 113 cm³/mol. The van der Waals surface area contributed by atoms with Gasteiger partial charge >= 0.3 is 0 Å². The van der Waals surface area contributed by atoms with Gasteiger partial charge in [0.15, 0.2) is 6.10 Å². The van der Waals surface area contributed by atoms with Crippen molar-refractivity contribution in [2.75, 3.05) is 24.6 Å². The Morgan fingerprint density at radius 1 is 1.17 bits per heavy atom. The van der Waals surface area contributed by atoms with Gasteiger partial charge in [-0.05, 0) is 49.2 Å². The van der Waals surface area contributed by atoms with Crippen LogP contribution in [0.4, 0.5) is 5.69 Å². The van der Waals surface area contributed by atoms with Gasteiger partial charge in [-0.3, -0.25) is 9.59 Å². The third-order valence-electron chi connectivity index (χ3n) is 4.49. The molecule has 1 heterocycles. The normalized spacial score (nSPS) is 15.5. The zero-order valence-corrected chi connectivity index (χ0v) is 16.8. The van der Waals surface area contributed by atoms with Gasteiger partial charge in [-0.15, -0.1) is 0 Å². The number of carbonyl (C=O) groups excluding carboxylic acids is 2. The van der Waals surface area contributed by atoms with Gasteiger partial charge in [-0.25, -0.2) is 0 Å². The molecule has 0 saturated carbocycles. The Morgan fingerprint density at radius 3 is 2.66 bits per heavy atom. The number of benzene rings is 2. The molecule has 0 spiro atoms. The molecule has 0 saturated heterocycles. The lowest BCUT2D eigenvalue weighted by Crippen LogP contribution is -2.50. The van der Waals surface area contributed by atoms with Crippen LogP contribution in [-0.2, 0) is 9.59 Å². The van der Waals surface area contributed by atoms with Crippen molar-refractivity contribution < 1.29 is 19.1 Å². The molecular weight excluding hydrogens is 368 g/mol. The summed E-state index contributed by atoms with van der Waals surface area (Å²) in [5.41, 5.74) is 1.55. The number of anilines is 1. The lowest BCUT2D eigenvalue weighted by Gasteiger charge is -2.33. The summed E-state index contributed by atoms with van der Waals surface area (Å²) in [4.78, 5) is 26.9. The summed E-state index contributed by atoms with van der Waals surface area (Å²) < 4.78 is 11.3. The van der Waals surface area contributed by atoms with Crippen molar-refractivity contribution in [1.82, 2.24) is 5.32 Å². The fourth-order valence-electron chi connectivity index (χ4n) is 3.04. The quantitative estimate of drug-likeness (QED) is 0.731. The molecule has 0 unspecified atom stereocenters. The topological polar surface area (TPSA) is 67.9 Å². The molecule has 6 nitrogen and oxygen atoms in total. The number of fused-ring (bicyclic) bond motifs is 1. The van der Waals surface area contributed by atoms with Crippen molar-refractivity contribution >= 4 is 23.6 Å². The van der Waals surface area contributed by atoms with Crippen LogP contribution in [0.5, 0.6) is 11.5 Å². The number of nitrogens with one attached hydrogen (secondary N) is 1. The van der Waals surface area contributed by atoms with Gasteiger partial charge in [0, 0.05) is 12.6 Å². The summed E-state index contributed by atoms with van der Waals surface area (Å²) in [5.74, 6) is 0.898. The molecule has 2 aromatic rings. The molecule has 1 aliphatic heterocycles. The minimum Gasteiger partial charge on any atom is -0.494 e. The van der Waals surface area contributed by atoms with Gasteiger partial charge < -0.3 is 19.7 Å². The number of nitrogens with zero attached hydrogens (tertiary/aromatic N) is 1. The monoisotopic (exact) mass is 394 g/mol. The minimum atomic E-state index is -0.737. The van der Waals surface area contributed by atoms with Crippen LogP contribution in [0.2, 0.25) is 0 Å². The van der Waals surface area contributed by atoms with Gasteiger partial charge in [-0.2, -0.15) is 0 Å². The van der Waals surface area contributed by atoms with E-state index in [1.807, 2.05) is 56.3 Å². The first-order valence-corrected chi connectivity index (χ1v) is 9.88. The second kappa shape index (κ2) is 9.78. The van der Waals surface area contributed by atoms with E-state index in [0.29, 0.717) is 24.6 Å². The molecule has 6 heteroatoms. The molecular formula is C23H26N2O4. The molecule has 0 fully saturated rings. The molecule has 3 rings (SSSR count). The maximum atomic E-state index is 12.9. The SMILES string of the molecule is CCCNC(=O)[C@@H]1CN(C(=O)/C=C/c2ccc(OCC)cc2)c2ccccc2O1. The van der Waals surface area contributed by atoms with E-state index in [2.05, 4.69) is 5.32 Å². The van der Waals surface area contributed by atoms with Crippen molar-refractivity contribution in [2.24, 2.45) is 0 Å². The predicted octanol–water partition coefficient (Wildman–Crippen LogP) is 3.42. The van der Waals surface area contributed by atoms with E-state index < -0.39 is 6.10 Å². The number of para-hydroxylation sites is 2. The second-order valence-corrected chi connectivity index (χ2v) is 6.65. The van der Waals surface area contributed by atoms with Crippen LogP contribution in [-0.4, -0.2) is 37.6 Å².